The molecule has 1 aromatic carbocycles. The molecule has 1 rings (SSSR count). The Bertz CT molecular complexity index is 322. The van der Waals surface area contributed by atoms with E-state index in [2.05, 4.69) is 5.32 Å². The lowest BCUT2D eigenvalue weighted by atomic mass is 10.1. The molecule has 86 valence electrons. The summed E-state index contributed by atoms with van der Waals surface area (Å²) >= 11 is 0. The van der Waals surface area contributed by atoms with Crippen molar-refractivity contribution in [3.8, 4) is 0 Å². The van der Waals surface area contributed by atoms with Gasteiger partial charge in [0.2, 0.25) is 5.91 Å². The van der Waals surface area contributed by atoms with Gasteiger partial charge in [0.15, 0.2) is 0 Å². The third-order valence-corrected chi connectivity index (χ3v) is 2.30. The summed E-state index contributed by atoms with van der Waals surface area (Å²) in [5.74, 6) is 0.0507. The zero-order chi connectivity index (χ0) is 11.6. The fourth-order valence-corrected chi connectivity index (χ4v) is 1.40. The highest BCUT2D eigenvalue weighted by molar-refractivity contribution is 5.76. The number of unbranched alkanes of at least 4 members (excludes halogenated alkanes) is 1. The Morgan fingerprint density at radius 2 is 2.00 bits per heavy atom. The Morgan fingerprint density at radius 3 is 2.69 bits per heavy atom. The largest absolute Gasteiger partial charge is 0.356 e. The van der Waals surface area contributed by atoms with Crippen molar-refractivity contribution < 1.29 is 9.59 Å². The van der Waals surface area contributed by atoms with E-state index in [1.807, 2.05) is 30.3 Å². The van der Waals surface area contributed by atoms with E-state index in [1.165, 1.54) is 5.56 Å². The quantitative estimate of drug-likeness (QED) is 0.560. The Labute approximate surface area is 95.9 Å². The Balaban J connectivity index is 2.13. The lowest BCUT2D eigenvalue weighted by Gasteiger charge is -2.03. The second-order valence-corrected chi connectivity index (χ2v) is 3.64. The molecule has 1 N–H and O–H groups in total. The summed E-state index contributed by atoms with van der Waals surface area (Å²) < 4.78 is 0. The Kier molecular flexibility index (Phi) is 5.92. The van der Waals surface area contributed by atoms with Gasteiger partial charge in [-0.25, -0.2) is 0 Å². The van der Waals surface area contributed by atoms with Crippen LogP contribution in [0.5, 0.6) is 0 Å². The van der Waals surface area contributed by atoms with E-state index in [0.717, 1.165) is 19.1 Å². The zero-order valence-corrected chi connectivity index (χ0v) is 9.32. The molecule has 0 bridgehead atoms. The van der Waals surface area contributed by atoms with Gasteiger partial charge in [0.05, 0.1) is 0 Å². The first kappa shape index (κ1) is 12.4. The van der Waals surface area contributed by atoms with Gasteiger partial charge in [-0.1, -0.05) is 30.3 Å². The van der Waals surface area contributed by atoms with Gasteiger partial charge >= 0.3 is 0 Å². The van der Waals surface area contributed by atoms with E-state index in [1.54, 1.807) is 0 Å². The molecule has 1 aromatic rings. The number of carbonyl (C=O) groups excluding carboxylic acids is 2. The number of benzene rings is 1. The molecule has 0 unspecified atom stereocenters. The first-order chi connectivity index (χ1) is 7.83. The number of amides is 1. The van der Waals surface area contributed by atoms with E-state index in [0.29, 0.717) is 19.4 Å². The van der Waals surface area contributed by atoms with Crippen molar-refractivity contribution in [2.45, 2.75) is 25.7 Å². The molecule has 0 fully saturated rings. The summed E-state index contributed by atoms with van der Waals surface area (Å²) in [5, 5.41) is 2.79. The van der Waals surface area contributed by atoms with Gasteiger partial charge in [0.25, 0.3) is 0 Å². The van der Waals surface area contributed by atoms with Crippen LogP contribution >= 0.6 is 0 Å². The van der Waals surface area contributed by atoms with Gasteiger partial charge in [0.1, 0.15) is 6.29 Å². The number of carbonyl (C=O) groups is 2. The van der Waals surface area contributed by atoms with E-state index in [9.17, 15) is 9.59 Å². The third-order valence-electron chi connectivity index (χ3n) is 2.30. The van der Waals surface area contributed by atoms with E-state index >= 15 is 0 Å². The molecular formula is C13H17NO2. The minimum atomic E-state index is 0.0507. The van der Waals surface area contributed by atoms with Crippen molar-refractivity contribution in [3.63, 3.8) is 0 Å². The topological polar surface area (TPSA) is 46.2 Å². The molecule has 3 nitrogen and oxygen atoms in total. The monoisotopic (exact) mass is 219 g/mol. The van der Waals surface area contributed by atoms with Gasteiger partial charge in [-0.05, 0) is 18.4 Å². The summed E-state index contributed by atoms with van der Waals surface area (Å²) in [5.41, 5.74) is 1.17. The van der Waals surface area contributed by atoms with E-state index < -0.39 is 0 Å². The molecule has 0 radical (unpaired) electrons. The van der Waals surface area contributed by atoms with Crippen molar-refractivity contribution in [3.05, 3.63) is 35.9 Å². The molecule has 0 heterocycles. The van der Waals surface area contributed by atoms with Crippen LogP contribution < -0.4 is 5.32 Å². The molecule has 0 saturated heterocycles. The molecule has 0 aliphatic heterocycles. The van der Waals surface area contributed by atoms with E-state index in [4.69, 9.17) is 0 Å². The first-order valence-corrected chi connectivity index (χ1v) is 5.57. The summed E-state index contributed by atoms with van der Waals surface area (Å²) in [6.07, 6.45) is 3.38. The van der Waals surface area contributed by atoms with Crippen molar-refractivity contribution >= 4 is 12.2 Å². The minimum absolute atomic E-state index is 0.0507. The molecule has 1 amide bonds. The standard InChI is InChI=1S/C13H17NO2/c15-11-5-4-10-14-13(16)9-8-12-6-2-1-3-7-12/h1-3,6-7,11H,4-5,8-10H2,(H,14,16). The van der Waals surface area contributed by atoms with Crippen LogP contribution in [-0.2, 0) is 16.0 Å². The molecule has 3 heteroatoms. The predicted molar refractivity (Wildman–Crippen MR) is 63.1 cm³/mol. The minimum Gasteiger partial charge on any atom is -0.356 e. The van der Waals surface area contributed by atoms with Crippen LogP contribution in [0.15, 0.2) is 30.3 Å². The van der Waals surface area contributed by atoms with Gasteiger partial charge in [-0.15, -0.1) is 0 Å². The fourth-order valence-electron chi connectivity index (χ4n) is 1.40. The maximum atomic E-state index is 11.4. The highest BCUT2D eigenvalue weighted by Gasteiger charge is 2.00. The van der Waals surface area contributed by atoms with Crippen molar-refractivity contribution in [2.24, 2.45) is 0 Å². The average Bonchev–Trinajstić information content (AvgIpc) is 2.33. The van der Waals surface area contributed by atoms with Gasteiger partial charge in [0, 0.05) is 19.4 Å². The lowest BCUT2D eigenvalue weighted by molar-refractivity contribution is -0.121. The second kappa shape index (κ2) is 7.63. The number of nitrogens with one attached hydrogen (secondary N) is 1. The maximum absolute atomic E-state index is 11.4. The van der Waals surface area contributed by atoms with Crippen molar-refractivity contribution in [1.29, 1.82) is 0 Å². The maximum Gasteiger partial charge on any atom is 0.220 e. The lowest BCUT2D eigenvalue weighted by Crippen LogP contribution is -2.24. The fraction of sp³-hybridized carbons (Fsp3) is 0.385. The summed E-state index contributed by atoms with van der Waals surface area (Å²) in [7, 11) is 0. The summed E-state index contributed by atoms with van der Waals surface area (Å²) in [6.45, 7) is 0.590. The molecule has 0 aromatic heterocycles. The SMILES string of the molecule is O=CCCCNC(=O)CCc1ccccc1. The van der Waals surface area contributed by atoms with Crippen molar-refractivity contribution in [1.82, 2.24) is 5.32 Å². The smallest absolute Gasteiger partial charge is 0.220 e. The number of aryl methyl sites for hydroxylation is 1. The summed E-state index contributed by atoms with van der Waals surface area (Å²) in [6, 6.07) is 9.93. The molecule has 0 atom stereocenters. The van der Waals surface area contributed by atoms with Gasteiger partial charge in [-0.3, -0.25) is 4.79 Å². The second-order valence-electron chi connectivity index (χ2n) is 3.64. The van der Waals surface area contributed by atoms with Crippen LogP contribution in [0.4, 0.5) is 0 Å². The number of hydrogen-bond acceptors (Lipinski definition) is 2. The zero-order valence-electron chi connectivity index (χ0n) is 9.32. The van der Waals surface area contributed by atoms with Crippen LogP contribution in [-0.4, -0.2) is 18.7 Å². The van der Waals surface area contributed by atoms with Gasteiger partial charge in [-0.2, -0.15) is 0 Å². The highest BCUT2D eigenvalue weighted by Crippen LogP contribution is 2.01. The third kappa shape index (κ3) is 5.29. The van der Waals surface area contributed by atoms with Crippen LogP contribution in [0.25, 0.3) is 0 Å². The molecular weight excluding hydrogens is 202 g/mol. The Hall–Kier alpha value is -1.64. The average molecular weight is 219 g/mol. The molecule has 0 saturated carbocycles. The van der Waals surface area contributed by atoms with Gasteiger partial charge < -0.3 is 10.1 Å². The van der Waals surface area contributed by atoms with E-state index in [-0.39, 0.29) is 5.91 Å². The van der Waals surface area contributed by atoms with Crippen LogP contribution in [0.1, 0.15) is 24.8 Å². The highest BCUT2D eigenvalue weighted by atomic mass is 16.1. The van der Waals surface area contributed by atoms with Crippen LogP contribution in [0.3, 0.4) is 0 Å². The Morgan fingerprint density at radius 1 is 1.25 bits per heavy atom. The van der Waals surface area contributed by atoms with Crippen LogP contribution in [0.2, 0.25) is 0 Å². The molecule has 0 spiro atoms. The van der Waals surface area contributed by atoms with Crippen molar-refractivity contribution in [2.75, 3.05) is 6.54 Å². The molecule has 0 aliphatic carbocycles. The number of hydrogen-bond donors (Lipinski definition) is 1. The molecule has 16 heavy (non-hydrogen) atoms. The first-order valence-electron chi connectivity index (χ1n) is 5.57. The number of rotatable bonds is 7. The number of aldehydes is 1. The predicted octanol–water partition coefficient (Wildman–Crippen LogP) is 1.71. The summed E-state index contributed by atoms with van der Waals surface area (Å²) in [4.78, 5) is 21.4. The van der Waals surface area contributed by atoms with Crippen LogP contribution in [0, 0.1) is 0 Å². The molecule has 0 aliphatic rings. The normalized spacial score (nSPS) is 9.75.